The number of benzene rings is 2. The predicted molar refractivity (Wildman–Crippen MR) is 136 cm³/mol. The molecule has 0 aromatic heterocycles. The van der Waals surface area contributed by atoms with Gasteiger partial charge in [-0.2, -0.15) is 0 Å². The number of unbranched alkanes of at least 4 members (excludes halogenated alkanes) is 2. The molecule has 27 heavy (non-hydrogen) atoms. The lowest BCUT2D eigenvalue weighted by atomic mass is 10.1. The van der Waals surface area contributed by atoms with Gasteiger partial charge >= 0.3 is 0 Å². The van der Waals surface area contributed by atoms with E-state index in [0.29, 0.717) is 0 Å². The second-order valence-electron chi connectivity index (χ2n) is 6.22. The third kappa shape index (κ3) is 5.44. The number of nitrogens with zero attached hydrogens (tertiary/aromatic N) is 1. The minimum Gasteiger partial charge on any atom is -0.341 e. The molecular formula is C20H23BrN2S4. The van der Waals surface area contributed by atoms with E-state index in [1.54, 1.807) is 23.5 Å². The van der Waals surface area contributed by atoms with E-state index in [-0.39, 0.29) is 0 Å². The molecule has 7 heteroatoms. The van der Waals surface area contributed by atoms with E-state index < -0.39 is 0 Å². The molecule has 1 heterocycles. The molecule has 0 atom stereocenters. The zero-order valence-electron chi connectivity index (χ0n) is 15.5. The van der Waals surface area contributed by atoms with Crippen LogP contribution in [0.2, 0.25) is 0 Å². The number of thioether (sulfide) groups is 3. The number of nitrogens with one attached hydrogen (secondary N) is 1. The molecule has 2 aromatic rings. The van der Waals surface area contributed by atoms with Gasteiger partial charge in [-0.15, -0.1) is 0 Å². The summed E-state index contributed by atoms with van der Waals surface area (Å²) in [5.74, 6) is 2.18. The van der Waals surface area contributed by atoms with E-state index in [1.165, 1.54) is 36.0 Å². The number of thiocarbonyl (C=S) groups is 1. The first kappa shape index (κ1) is 21.5. The molecule has 0 saturated heterocycles. The normalized spacial score (nSPS) is 12.9. The minimum atomic E-state index is 0.832. The summed E-state index contributed by atoms with van der Waals surface area (Å²) in [4.78, 5) is 6.18. The first-order valence-electron chi connectivity index (χ1n) is 9.22. The van der Waals surface area contributed by atoms with Gasteiger partial charge in [-0.25, -0.2) is 4.99 Å². The molecule has 0 radical (unpaired) electrons. The largest absolute Gasteiger partial charge is 0.341 e. The fourth-order valence-corrected chi connectivity index (χ4v) is 6.73. The van der Waals surface area contributed by atoms with Gasteiger partial charge in [-0.1, -0.05) is 90.1 Å². The zero-order chi connectivity index (χ0) is 19.2. The predicted octanol–water partition coefficient (Wildman–Crippen LogP) is 8.46. The number of aliphatic imine (C=N–C) groups is 1. The van der Waals surface area contributed by atoms with Crippen LogP contribution in [0.25, 0.3) is 10.8 Å². The average Bonchev–Trinajstić information content (AvgIpc) is 2.66. The van der Waals surface area contributed by atoms with Crippen LogP contribution in [0, 0.1) is 0 Å². The standard InChI is InChI=1S/C20H23BrN2S4/c1-3-5-11-25-19(24)22-14-9-10-16-18-15(8-7-13(21)17(14)18)23-20(27-16)26-12-6-4-2/h7-10H,3-6,11-12H2,1-2H3,(H,22,24). The van der Waals surface area contributed by atoms with Crippen LogP contribution < -0.4 is 5.32 Å². The van der Waals surface area contributed by atoms with Crippen molar-refractivity contribution in [3.8, 4) is 0 Å². The highest BCUT2D eigenvalue weighted by atomic mass is 79.9. The molecule has 1 N–H and O–H groups in total. The summed E-state index contributed by atoms with van der Waals surface area (Å²) in [5.41, 5.74) is 2.10. The highest BCUT2D eigenvalue weighted by molar-refractivity contribution is 9.10. The molecule has 0 spiro atoms. The van der Waals surface area contributed by atoms with Crippen molar-refractivity contribution in [2.45, 2.75) is 44.4 Å². The maximum absolute atomic E-state index is 5.54. The number of hydrogen-bond donors (Lipinski definition) is 1. The topological polar surface area (TPSA) is 24.4 Å². The maximum atomic E-state index is 5.54. The summed E-state index contributed by atoms with van der Waals surface area (Å²) in [5, 5.41) is 5.81. The van der Waals surface area contributed by atoms with Gasteiger partial charge in [0, 0.05) is 37.3 Å². The summed E-state index contributed by atoms with van der Waals surface area (Å²) in [7, 11) is 0. The molecular weight excluding hydrogens is 476 g/mol. The van der Waals surface area contributed by atoms with E-state index in [1.807, 2.05) is 11.8 Å². The highest BCUT2D eigenvalue weighted by Crippen LogP contribution is 2.47. The van der Waals surface area contributed by atoms with E-state index in [4.69, 9.17) is 17.2 Å². The van der Waals surface area contributed by atoms with Crippen molar-refractivity contribution in [2.75, 3.05) is 16.8 Å². The van der Waals surface area contributed by atoms with Crippen LogP contribution in [0.3, 0.4) is 0 Å². The van der Waals surface area contributed by atoms with Crippen molar-refractivity contribution in [2.24, 2.45) is 4.99 Å². The van der Waals surface area contributed by atoms with Gasteiger partial charge in [0.1, 0.15) is 8.70 Å². The Bertz CT molecular complexity index is 867. The van der Waals surface area contributed by atoms with Crippen molar-refractivity contribution in [1.29, 1.82) is 0 Å². The number of hydrogen-bond acceptors (Lipinski definition) is 5. The molecule has 3 rings (SSSR count). The molecule has 0 bridgehead atoms. The second kappa shape index (κ2) is 10.5. The summed E-state index contributed by atoms with van der Waals surface area (Å²) in [6.07, 6.45) is 4.82. The lowest BCUT2D eigenvalue weighted by molar-refractivity contribution is 0.898. The van der Waals surface area contributed by atoms with Gasteiger partial charge in [0.2, 0.25) is 0 Å². The fraction of sp³-hybridized carbons (Fsp3) is 0.400. The van der Waals surface area contributed by atoms with Crippen LogP contribution in [0.1, 0.15) is 39.5 Å². The van der Waals surface area contributed by atoms with Crippen LogP contribution in [0.5, 0.6) is 0 Å². The number of rotatable bonds is 7. The van der Waals surface area contributed by atoms with Crippen molar-refractivity contribution >= 4 is 94.3 Å². The Kier molecular flexibility index (Phi) is 8.39. The Morgan fingerprint density at radius 3 is 2.67 bits per heavy atom. The number of halogens is 1. The fourth-order valence-electron chi connectivity index (χ4n) is 2.72. The summed E-state index contributed by atoms with van der Waals surface area (Å²) >= 11 is 14.6. The molecule has 0 unspecified atom stereocenters. The monoisotopic (exact) mass is 498 g/mol. The molecule has 0 aliphatic carbocycles. The average molecular weight is 500 g/mol. The van der Waals surface area contributed by atoms with E-state index in [2.05, 4.69) is 59.4 Å². The Morgan fingerprint density at radius 1 is 1.11 bits per heavy atom. The van der Waals surface area contributed by atoms with Crippen molar-refractivity contribution in [3.05, 3.63) is 28.7 Å². The molecule has 1 aliphatic heterocycles. The first-order valence-corrected chi connectivity index (χ1v) is 13.2. The van der Waals surface area contributed by atoms with Gasteiger partial charge in [0.25, 0.3) is 0 Å². The second-order valence-corrected chi connectivity index (χ2v) is 11.2. The first-order chi connectivity index (χ1) is 13.1. The van der Waals surface area contributed by atoms with Crippen LogP contribution in [-0.2, 0) is 0 Å². The van der Waals surface area contributed by atoms with Gasteiger partial charge in [0.15, 0.2) is 0 Å². The number of anilines is 1. The van der Waals surface area contributed by atoms with Crippen molar-refractivity contribution < 1.29 is 0 Å². The van der Waals surface area contributed by atoms with E-state index in [9.17, 15) is 0 Å². The van der Waals surface area contributed by atoms with Crippen molar-refractivity contribution in [1.82, 2.24) is 0 Å². The molecule has 0 fully saturated rings. The third-order valence-electron chi connectivity index (χ3n) is 4.15. The third-order valence-corrected chi connectivity index (χ3v) is 8.38. The molecule has 144 valence electrons. The maximum Gasteiger partial charge on any atom is 0.138 e. The van der Waals surface area contributed by atoms with Gasteiger partial charge in [-0.3, -0.25) is 0 Å². The van der Waals surface area contributed by atoms with Crippen LogP contribution >= 0.6 is 63.4 Å². The summed E-state index contributed by atoms with van der Waals surface area (Å²) < 4.78 is 3.05. The molecule has 0 amide bonds. The summed E-state index contributed by atoms with van der Waals surface area (Å²) in [6, 6.07) is 8.53. The van der Waals surface area contributed by atoms with Crippen LogP contribution in [0.15, 0.2) is 38.6 Å². The Labute approximate surface area is 188 Å². The Hall–Kier alpha value is -0.210. The van der Waals surface area contributed by atoms with E-state index >= 15 is 0 Å². The zero-order valence-corrected chi connectivity index (χ0v) is 20.4. The summed E-state index contributed by atoms with van der Waals surface area (Å²) in [6.45, 7) is 4.43. The van der Waals surface area contributed by atoms with Crippen LogP contribution in [0.4, 0.5) is 11.4 Å². The van der Waals surface area contributed by atoms with Gasteiger partial charge in [0.05, 0.1) is 5.69 Å². The minimum absolute atomic E-state index is 0.832. The molecule has 0 saturated carbocycles. The van der Waals surface area contributed by atoms with E-state index in [0.717, 1.165) is 41.4 Å². The molecule has 2 aromatic carbocycles. The Morgan fingerprint density at radius 2 is 1.89 bits per heavy atom. The van der Waals surface area contributed by atoms with Gasteiger partial charge < -0.3 is 5.32 Å². The van der Waals surface area contributed by atoms with Crippen LogP contribution in [-0.4, -0.2) is 20.2 Å². The lowest BCUT2D eigenvalue weighted by Crippen LogP contribution is -2.06. The van der Waals surface area contributed by atoms with Gasteiger partial charge in [-0.05, 0) is 37.1 Å². The Balaban J connectivity index is 1.89. The molecule has 2 nitrogen and oxygen atoms in total. The molecule has 1 aliphatic rings. The quantitative estimate of drug-likeness (QED) is 0.304. The highest BCUT2D eigenvalue weighted by Gasteiger charge is 2.20. The van der Waals surface area contributed by atoms with Crippen molar-refractivity contribution in [3.63, 3.8) is 0 Å². The SMILES string of the molecule is CCCCSC(=S)Nc1ccc2c3c(ccc(Br)c13)N=C(SCCCC)S2. The smallest absolute Gasteiger partial charge is 0.138 e. The lowest BCUT2D eigenvalue weighted by Gasteiger charge is -2.19.